The number of phosphoric ester groups is 1. The summed E-state index contributed by atoms with van der Waals surface area (Å²) in [6, 6.07) is 0. The molecule has 30 heavy (non-hydrogen) atoms. The summed E-state index contributed by atoms with van der Waals surface area (Å²) >= 11 is 0. The lowest BCUT2D eigenvalue weighted by atomic mass is 9.96. The first kappa shape index (κ1) is 29.2. The van der Waals surface area contributed by atoms with Gasteiger partial charge < -0.3 is 14.7 Å². The SMILES string of the molecule is CC(C)=CCC/C(C)=C/CC/C(C)=C/CC(C)/C(C)=C\COP(=O)(O)OP(=O)(O)O. The molecule has 174 valence electrons. The van der Waals surface area contributed by atoms with Crippen molar-refractivity contribution in [2.24, 2.45) is 5.92 Å². The maximum Gasteiger partial charge on any atom is 0.481 e. The van der Waals surface area contributed by atoms with Crippen LogP contribution in [0.15, 0.2) is 46.6 Å². The second kappa shape index (κ2) is 14.3. The normalized spacial score (nSPS) is 16.9. The maximum atomic E-state index is 11.4. The largest absolute Gasteiger partial charge is 0.481 e. The van der Waals surface area contributed by atoms with E-state index in [1.54, 1.807) is 6.08 Å². The summed E-state index contributed by atoms with van der Waals surface area (Å²) in [5, 5.41) is 0. The molecule has 0 heterocycles. The van der Waals surface area contributed by atoms with Crippen LogP contribution in [-0.2, 0) is 18.0 Å². The van der Waals surface area contributed by atoms with E-state index in [9.17, 15) is 14.0 Å². The molecule has 0 aromatic carbocycles. The molecule has 0 aromatic rings. The zero-order valence-electron chi connectivity index (χ0n) is 19.0. The molecule has 0 spiro atoms. The Bertz CT molecular complexity index is 740. The lowest BCUT2D eigenvalue weighted by molar-refractivity contribution is 0.191. The number of rotatable bonds is 14. The number of phosphoric acid groups is 2. The fraction of sp³-hybridized carbons (Fsp3) is 0.619. The Balaban J connectivity index is 4.41. The highest BCUT2D eigenvalue weighted by molar-refractivity contribution is 7.60. The average Bonchev–Trinajstić information content (AvgIpc) is 2.56. The van der Waals surface area contributed by atoms with Gasteiger partial charge in [-0.3, -0.25) is 4.52 Å². The van der Waals surface area contributed by atoms with E-state index in [2.05, 4.69) is 54.8 Å². The Kier molecular flexibility index (Phi) is 13.9. The highest BCUT2D eigenvalue weighted by atomic mass is 31.3. The number of allylic oxidation sites excluding steroid dienone is 7. The minimum absolute atomic E-state index is 0.200. The molecule has 0 aromatic heterocycles. The number of hydrogen-bond acceptors (Lipinski definition) is 4. The van der Waals surface area contributed by atoms with Gasteiger partial charge in [-0.1, -0.05) is 53.5 Å². The van der Waals surface area contributed by atoms with Gasteiger partial charge in [0, 0.05) is 0 Å². The topological polar surface area (TPSA) is 113 Å². The van der Waals surface area contributed by atoms with E-state index in [0.717, 1.165) is 37.7 Å². The van der Waals surface area contributed by atoms with Crippen molar-refractivity contribution in [2.45, 2.75) is 73.6 Å². The zero-order valence-corrected chi connectivity index (χ0v) is 20.8. The predicted octanol–water partition coefficient (Wildman–Crippen LogP) is 6.60. The highest BCUT2D eigenvalue weighted by Gasteiger charge is 2.31. The van der Waals surface area contributed by atoms with Gasteiger partial charge in [0.05, 0.1) is 6.61 Å². The molecular weight excluding hydrogens is 426 g/mol. The van der Waals surface area contributed by atoms with Crippen LogP contribution >= 0.6 is 15.6 Å². The van der Waals surface area contributed by atoms with Crippen molar-refractivity contribution < 1.29 is 32.6 Å². The van der Waals surface area contributed by atoms with Crippen LogP contribution in [0.2, 0.25) is 0 Å². The summed E-state index contributed by atoms with van der Waals surface area (Å²) in [5.41, 5.74) is 5.03. The Labute approximate surface area is 181 Å². The molecule has 0 amide bonds. The van der Waals surface area contributed by atoms with Gasteiger partial charge in [-0.25, -0.2) is 9.13 Å². The first-order valence-corrected chi connectivity index (χ1v) is 13.1. The summed E-state index contributed by atoms with van der Waals surface area (Å²) in [6.45, 7) is 12.2. The van der Waals surface area contributed by atoms with E-state index in [1.807, 2.05) is 13.8 Å². The van der Waals surface area contributed by atoms with E-state index >= 15 is 0 Å². The summed E-state index contributed by atoms with van der Waals surface area (Å²) in [5.74, 6) is 0.200. The maximum absolute atomic E-state index is 11.4. The Morgan fingerprint density at radius 2 is 1.40 bits per heavy atom. The van der Waals surface area contributed by atoms with Gasteiger partial charge in [0.1, 0.15) is 0 Å². The van der Waals surface area contributed by atoms with Gasteiger partial charge in [-0.2, -0.15) is 4.31 Å². The van der Waals surface area contributed by atoms with Gasteiger partial charge in [-0.15, -0.1) is 0 Å². The molecule has 0 aliphatic rings. The zero-order chi connectivity index (χ0) is 23.4. The Morgan fingerprint density at radius 3 is 1.93 bits per heavy atom. The van der Waals surface area contributed by atoms with Crippen LogP contribution in [0.5, 0.6) is 0 Å². The van der Waals surface area contributed by atoms with Crippen molar-refractivity contribution in [3.8, 4) is 0 Å². The summed E-state index contributed by atoms with van der Waals surface area (Å²) in [4.78, 5) is 26.4. The average molecular weight is 464 g/mol. The standard InChI is InChI=1S/C21H38O7P2/c1-17(2)9-7-10-18(3)11-8-12-19(4)13-14-20(5)21(6)15-16-27-30(25,26)28-29(22,23)24/h9,11,13,15,20H,7-8,10,12,14,16H2,1-6H3,(H,25,26)(H2,22,23,24)/b18-11+,19-13+,21-15-. The second-order valence-corrected chi connectivity index (χ2v) is 10.7. The smallest absolute Gasteiger partial charge is 0.302 e. The van der Waals surface area contributed by atoms with E-state index in [-0.39, 0.29) is 12.5 Å². The van der Waals surface area contributed by atoms with E-state index in [1.165, 1.54) is 16.7 Å². The predicted molar refractivity (Wildman–Crippen MR) is 122 cm³/mol. The van der Waals surface area contributed by atoms with Crippen molar-refractivity contribution in [3.05, 3.63) is 46.6 Å². The quantitative estimate of drug-likeness (QED) is 0.196. The van der Waals surface area contributed by atoms with Gasteiger partial charge in [-0.05, 0) is 72.6 Å². The van der Waals surface area contributed by atoms with Crippen molar-refractivity contribution in [1.82, 2.24) is 0 Å². The minimum atomic E-state index is -5.09. The van der Waals surface area contributed by atoms with Crippen molar-refractivity contribution in [3.63, 3.8) is 0 Å². The fourth-order valence-electron chi connectivity index (χ4n) is 2.52. The van der Waals surface area contributed by atoms with Crippen LogP contribution < -0.4 is 0 Å². The molecule has 0 fully saturated rings. The minimum Gasteiger partial charge on any atom is -0.302 e. The highest BCUT2D eigenvalue weighted by Crippen LogP contribution is 2.57. The van der Waals surface area contributed by atoms with Crippen LogP contribution in [0.4, 0.5) is 0 Å². The summed E-state index contributed by atoms with van der Waals surface area (Å²) in [7, 11) is -9.88. The molecule has 0 bridgehead atoms. The molecule has 3 N–H and O–H groups in total. The molecule has 0 radical (unpaired) electrons. The van der Waals surface area contributed by atoms with Crippen molar-refractivity contribution >= 4 is 15.6 Å². The van der Waals surface area contributed by atoms with Crippen LogP contribution in [0.1, 0.15) is 73.6 Å². The molecule has 2 unspecified atom stereocenters. The third-order valence-corrected chi connectivity index (χ3v) is 6.72. The van der Waals surface area contributed by atoms with Crippen LogP contribution in [0.3, 0.4) is 0 Å². The molecule has 9 heteroatoms. The molecule has 0 aliphatic carbocycles. The summed E-state index contributed by atoms with van der Waals surface area (Å²) in [6.07, 6.45) is 13.4. The molecule has 2 atom stereocenters. The molecular formula is C21H38O7P2. The fourth-order valence-corrected chi connectivity index (χ4v) is 4.05. The molecule has 0 aliphatic heterocycles. The summed E-state index contributed by atoms with van der Waals surface area (Å²) < 4.78 is 30.3. The van der Waals surface area contributed by atoms with E-state index in [4.69, 9.17) is 9.79 Å². The first-order valence-electron chi connectivity index (χ1n) is 10.1. The lowest BCUT2D eigenvalue weighted by Crippen LogP contribution is -1.99. The van der Waals surface area contributed by atoms with Gasteiger partial charge in [0.15, 0.2) is 0 Å². The third-order valence-electron chi connectivity index (χ3n) is 4.57. The molecule has 0 saturated carbocycles. The molecule has 7 nitrogen and oxygen atoms in total. The van der Waals surface area contributed by atoms with Crippen LogP contribution in [0, 0.1) is 5.92 Å². The van der Waals surface area contributed by atoms with Gasteiger partial charge in [0.25, 0.3) is 0 Å². The van der Waals surface area contributed by atoms with E-state index in [0.29, 0.717) is 0 Å². The second-order valence-electron chi connectivity index (χ2n) is 7.88. The monoisotopic (exact) mass is 464 g/mol. The Morgan fingerprint density at radius 1 is 0.867 bits per heavy atom. The van der Waals surface area contributed by atoms with Crippen molar-refractivity contribution in [2.75, 3.05) is 6.61 Å². The van der Waals surface area contributed by atoms with Crippen LogP contribution in [-0.4, -0.2) is 21.3 Å². The lowest BCUT2D eigenvalue weighted by Gasteiger charge is -2.13. The van der Waals surface area contributed by atoms with Crippen LogP contribution in [0.25, 0.3) is 0 Å². The van der Waals surface area contributed by atoms with Gasteiger partial charge in [0.2, 0.25) is 0 Å². The molecule has 0 rings (SSSR count). The first-order chi connectivity index (χ1) is 13.7. The third kappa shape index (κ3) is 17.0. The van der Waals surface area contributed by atoms with Gasteiger partial charge >= 0.3 is 15.6 Å². The Hall–Kier alpha value is -0.780. The van der Waals surface area contributed by atoms with Crippen molar-refractivity contribution in [1.29, 1.82) is 0 Å². The number of hydrogen-bond donors (Lipinski definition) is 3. The molecule has 0 saturated heterocycles. The van der Waals surface area contributed by atoms with E-state index < -0.39 is 15.6 Å².